The fraction of sp³-hybridized carbons (Fsp3) is 0.500. The van der Waals surface area contributed by atoms with E-state index >= 15 is 0 Å². The molecule has 19 heavy (non-hydrogen) atoms. The molecule has 1 fully saturated rings. The van der Waals surface area contributed by atoms with Crippen LogP contribution in [0, 0.1) is 12.0 Å². The third-order valence-electron chi connectivity index (χ3n) is 2.79. The summed E-state index contributed by atoms with van der Waals surface area (Å²) in [7, 11) is 0. The second kappa shape index (κ2) is 5.73. The minimum atomic E-state index is -0.715. The third-order valence-corrected chi connectivity index (χ3v) is 2.79. The van der Waals surface area contributed by atoms with Crippen LogP contribution in [0.5, 0.6) is 0 Å². The Bertz CT molecular complexity index is 560. The van der Waals surface area contributed by atoms with Gasteiger partial charge in [-0.1, -0.05) is 5.92 Å². The number of aliphatic hydroxyl groups is 1. The van der Waals surface area contributed by atoms with E-state index in [4.69, 9.17) is 15.2 Å². The molecule has 0 bridgehead atoms. The van der Waals surface area contributed by atoms with E-state index in [1.54, 1.807) is 6.92 Å². The van der Waals surface area contributed by atoms with Crippen molar-refractivity contribution < 1.29 is 14.6 Å². The Morgan fingerprint density at radius 3 is 3.21 bits per heavy atom. The molecule has 7 nitrogen and oxygen atoms in total. The molecule has 1 aromatic rings. The molecule has 7 heteroatoms. The average molecular weight is 265 g/mol. The monoisotopic (exact) mass is 265 g/mol. The van der Waals surface area contributed by atoms with Crippen LogP contribution >= 0.6 is 0 Å². The highest BCUT2D eigenvalue weighted by atomic mass is 16.6. The standard InChI is InChI=1S/C12H15N3O4/c1-2-5-18-7-9-8(16)6-11(19-9)15-4-3-10(13)14-12(15)17/h3-4,8-9,11,16H,6-7H2,1H3,(H2,13,14,17)/t8?,9-,11-/m1/s1. The smallest absolute Gasteiger partial charge is 0.351 e. The molecule has 2 heterocycles. The normalized spacial score (nSPS) is 25.7. The van der Waals surface area contributed by atoms with Crippen molar-refractivity contribution in [2.24, 2.45) is 0 Å². The second-order valence-electron chi connectivity index (χ2n) is 4.14. The summed E-state index contributed by atoms with van der Waals surface area (Å²) in [6.07, 6.45) is 2.42. The molecule has 0 spiro atoms. The fourth-order valence-corrected chi connectivity index (χ4v) is 1.88. The lowest BCUT2D eigenvalue weighted by molar-refractivity contribution is -0.0457. The lowest BCUT2D eigenvalue weighted by Crippen LogP contribution is -2.28. The van der Waals surface area contributed by atoms with Crippen molar-refractivity contribution in [1.82, 2.24) is 9.55 Å². The number of hydrogen-bond donors (Lipinski definition) is 2. The van der Waals surface area contributed by atoms with E-state index in [0.717, 1.165) is 0 Å². The highest BCUT2D eigenvalue weighted by Gasteiger charge is 2.35. The Kier molecular flexibility index (Phi) is 4.04. The SMILES string of the molecule is CC#COC[C@H]1O[C@@H](n2ccc(N)nc2=O)CC1O. The van der Waals surface area contributed by atoms with Crippen molar-refractivity contribution in [3.63, 3.8) is 0 Å². The van der Waals surface area contributed by atoms with Gasteiger partial charge in [-0.05, 0) is 6.07 Å². The molecule has 3 atom stereocenters. The number of hydrogen-bond acceptors (Lipinski definition) is 6. The summed E-state index contributed by atoms with van der Waals surface area (Å²) < 4.78 is 11.9. The maximum atomic E-state index is 11.7. The van der Waals surface area contributed by atoms with Crippen molar-refractivity contribution in [2.45, 2.75) is 31.8 Å². The van der Waals surface area contributed by atoms with Gasteiger partial charge in [0.2, 0.25) is 0 Å². The predicted molar refractivity (Wildman–Crippen MR) is 66.8 cm³/mol. The van der Waals surface area contributed by atoms with Crippen LogP contribution < -0.4 is 11.4 Å². The molecule has 3 N–H and O–H groups in total. The van der Waals surface area contributed by atoms with Gasteiger partial charge in [-0.15, -0.1) is 0 Å². The van der Waals surface area contributed by atoms with E-state index in [0.29, 0.717) is 6.42 Å². The van der Waals surface area contributed by atoms with Gasteiger partial charge in [0.1, 0.15) is 30.9 Å². The van der Waals surface area contributed by atoms with Gasteiger partial charge in [0.25, 0.3) is 0 Å². The summed E-state index contributed by atoms with van der Waals surface area (Å²) in [6, 6.07) is 1.50. The van der Waals surface area contributed by atoms with Gasteiger partial charge in [0, 0.05) is 19.5 Å². The quantitative estimate of drug-likeness (QED) is 0.713. The van der Waals surface area contributed by atoms with Gasteiger partial charge in [0.15, 0.2) is 0 Å². The molecular weight excluding hydrogens is 250 g/mol. The number of nitrogens with zero attached hydrogens (tertiary/aromatic N) is 2. The van der Waals surface area contributed by atoms with Gasteiger partial charge in [-0.2, -0.15) is 4.98 Å². The van der Waals surface area contributed by atoms with Crippen LogP contribution in [-0.2, 0) is 9.47 Å². The average Bonchev–Trinajstić information content (AvgIpc) is 2.71. The number of aliphatic hydroxyl groups excluding tert-OH is 1. The minimum Gasteiger partial charge on any atom is -0.444 e. The largest absolute Gasteiger partial charge is 0.444 e. The summed E-state index contributed by atoms with van der Waals surface area (Å²) in [5.74, 6) is 2.73. The van der Waals surface area contributed by atoms with Crippen LogP contribution in [0.3, 0.4) is 0 Å². The zero-order valence-corrected chi connectivity index (χ0v) is 10.4. The van der Waals surface area contributed by atoms with E-state index in [-0.39, 0.29) is 12.4 Å². The van der Waals surface area contributed by atoms with Gasteiger partial charge in [-0.25, -0.2) is 4.79 Å². The molecule has 102 valence electrons. The number of nitrogens with two attached hydrogens (primary N) is 1. The molecule has 0 aromatic carbocycles. The Morgan fingerprint density at radius 2 is 2.53 bits per heavy atom. The minimum absolute atomic E-state index is 0.148. The number of nitrogen functional groups attached to an aromatic ring is 1. The van der Waals surface area contributed by atoms with Crippen molar-refractivity contribution in [3.05, 3.63) is 22.7 Å². The molecule has 1 unspecified atom stereocenters. The van der Waals surface area contributed by atoms with Crippen LogP contribution in [0.15, 0.2) is 17.1 Å². The summed E-state index contributed by atoms with van der Waals surface area (Å²) in [4.78, 5) is 15.3. The van der Waals surface area contributed by atoms with E-state index in [1.165, 1.54) is 16.8 Å². The molecule has 2 rings (SSSR count). The van der Waals surface area contributed by atoms with Crippen molar-refractivity contribution in [2.75, 3.05) is 12.3 Å². The van der Waals surface area contributed by atoms with E-state index < -0.39 is 24.1 Å². The molecule has 1 aliphatic heterocycles. The predicted octanol–water partition coefficient (Wildman–Crippen LogP) is -0.529. The van der Waals surface area contributed by atoms with Crippen molar-refractivity contribution in [1.29, 1.82) is 0 Å². The van der Waals surface area contributed by atoms with Crippen LogP contribution in [0.25, 0.3) is 0 Å². The van der Waals surface area contributed by atoms with Crippen LogP contribution in [-0.4, -0.2) is 33.5 Å². The number of aromatic nitrogens is 2. The summed E-state index contributed by atoms with van der Waals surface area (Å²) in [5.41, 5.74) is 4.90. The number of ether oxygens (including phenoxy) is 2. The molecule has 0 amide bonds. The van der Waals surface area contributed by atoms with Crippen LogP contribution in [0.4, 0.5) is 5.82 Å². The van der Waals surface area contributed by atoms with Gasteiger partial charge in [-0.3, -0.25) is 4.57 Å². The van der Waals surface area contributed by atoms with E-state index in [1.807, 2.05) is 0 Å². The molecule has 1 saturated heterocycles. The first-order valence-corrected chi connectivity index (χ1v) is 5.83. The molecule has 1 aromatic heterocycles. The Balaban J connectivity index is 2.07. The maximum absolute atomic E-state index is 11.7. The number of anilines is 1. The van der Waals surface area contributed by atoms with Crippen molar-refractivity contribution in [3.8, 4) is 12.0 Å². The van der Waals surface area contributed by atoms with Gasteiger partial charge >= 0.3 is 5.69 Å². The second-order valence-corrected chi connectivity index (χ2v) is 4.14. The summed E-state index contributed by atoms with van der Waals surface area (Å²) in [6.45, 7) is 1.80. The summed E-state index contributed by atoms with van der Waals surface area (Å²) >= 11 is 0. The van der Waals surface area contributed by atoms with Crippen LogP contribution in [0.2, 0.25) is 0 Å². The highest BCUT2D eigenvalue weighted by molar-refractivity contribution is 5.23. The molecule has 0 aliphatic carbocycles. The van der Waals surface area contributed by atoms with Crippen LogP contribution in [0.1, 0.15) is 19.6 Å². The third kappa shape index (κ3) is 3.05. The first-order chi connectivity index (χ1) is 9.11. The molecule has 0 saturated carbocycles. The lowest BCUT2D eigenvalue weighted by atomic mass is 10.2. The van der Waals surface area contributed by atoms with Gasteiger partial charge in [0.05, 0.1) is 6.10 Å². The topological polar surface area (TPSA) is 99.6 Å². The number of rotatable bonds is 3. The van der Waals surface area contributed by atoms with Gasteiger partial charge < -0.3 is 20.3 Å². The first kappa shape index (κ1) is 13.4. The highest BCUT2D eigenvalue weighted by Crippen LogP contribution is 2.27. The first-order valence-electron chi connectivity index (χ1n) is 5.83. The lowest BCUT2D eigenvalue weighted by Gasteiger charge is -2.14. The fourth-order valence-electron chi connectivity index (χ4n) is 1.88. The van der Waals surface area contributed by atoms with E-state index in [2.05, 4.69) is 17.0 Å². The van der Waals surface area contributed by atoms with E-state index in [9.17, 15) is 9.90 Å². The molecule has 0 radical (unpaired) electrons. The Morgan fingerprint density at radius 1 is 1.74 bits per heavy atom. The zero-order chi connectivity index (χ0) is 13.8. The maximum Gasteiger partial charge on any atom is 0.351 e. The zero-order valence-electron chi connectivity index (χ0n) is 10.4. The Hall–Kier alpha value is -2.04. The summed E-state index contributed by atoms with van der Waals surface area (Å²) in [5, 5.41) is 9.85. The molecular formula is C12H15N3O4. The Labute approximate surface area is 110 Å². The molecule has 1 aliphatic rings. The van der Waals surface area contributed by atoms with Crippen molar-refractivity contribution >= 4 is 5.82 Å².